The molecule has 1 saturated heterocycles. The maximum Gasteiger partial charge on any atom is 0.125 e. The number of hydrogen-bond donors (Lipinski definition) is 1. The van der Waals surface area contributed by atoms with E-state index in [0.717, 1.165) is 16.0 Å². The number of aryl methyl sites for hydroxylation is 1. The molecule has 2 aromatic rings. The number of rotatable bonds is 2. The Balaban J connectivity index is 1.95. The molecule has 100 valence electrons. The molecule has 1 aliphatic heterocycles. The van der Waals surface area contributed by atoms with Crippen molar-refractivity contribution in [2.45, 2.75) is 32.2 Å². The van der Waals surface area contributed by atoms with Crippen molar-refractivity contribution >= 4 is 27.3 Å². The van der Waals surface area contributed by atoms with Gasteiger partial charge in [0.1, 0.15) is 5.01 Å². The average Bonchev–Trinajstić information content (AvgIpc) is 2.82. The fourth-order valence-corrected chi connectivity index (χ4v) is 4.38. The molecule has 0 radical (unpaired) electrons. The Morgan fingerprint density at radius 3 is 2.89 bits per heavy atom. The summed E-state index contributed by atoms with van der Waals surface area (Å²) in [7, 11) is 0. The summed E-state index contributed by atoms with van der Waals surface area (Å²) in [5.41, 5.74) is 2.37. The van der Waals surface area contributed by atoms with Crippen LogP contribution < -0.4 is 5.32 Å². The molecule has 1 N–H and O–H groups in total. The zero-order valence-corrected chi connectivity index (χ0v) is 13.4. The average molecular weight is 337 g/mol. The summed E-state index contributed by atoms with van der Waals surface area (Å²) in [6, 6.07) is 8.81. The van der Waals surface area contributed by atoms with Crippen molar-refractivity contribution < 1.29 is 0 Å². The van der Waals surface area contributed by atoms with Gasteiger partial charge in [0.25, 0.3) is 0 Å². The summed E-state index contributed by atoms with van der Waals surface area (Å²) in [5, 5.41) is 4.73. The molecule has 2 nitrogen and oxygen atoms in total. The van der Waals surface area contributed by atoms with Gasteiger partial charge in [-0.05, 0) is 32.4 Å². The maximum absolute atomic E-state index is 4.77. The van der Waals surface area contributed by atoms with E-state index in [4.69, 9.17) is 4.98 Å². The quantitative estimate of drug-likeness (QED) is 0.859. The van der Waals surface area contributed by atoms with Gasteiger partial charge in [0, 0.05) is 21.0 Å². The number of nitrogens with zero attached hydrogens (tertiary/aromatic N) is 1. The summed E-state index contributed by atoms with van der Waals surface area (Å²) < 4.78 is 1.12. The highest BCUT2D eigenvalue weighted by Gasteiger charge is 2.21. The minimum Gasteiger partial charge on any atom is -0.309 e. The fourth-order valence-electron chi connectivity index (χ4n) is 2.56. The third-order valence-corrected chi connectivity index (χ3v) is 5.56. The van der Waals surface area contributed by atoms with Gasteiger partial charge in [-0.2, -0.15) is 0 Å². The number of nitrogens with one attached hydrogen (secondary N) is 1. The summed E-state index contributed by atoms with van der Waals surface area (Å²) in [5.74, 6) is 0. The minimum atomic E-state index is 0.502. The summed E-state index contributed by atoms with van der Waals surface area (Å²) in [6.45, 7) is 3.26. The Morgan fingerprint density at radius 1 is 1.32 bits per heavy atom. The van der Waals surface area contributed by atoms with Crippen LogP contribution in [-0.2, 0) is 0 Å². The molecular formula is C15H17BrN2S. The highest BCUT2D eigenvalue weighted by atomic mass is 79.9. The molecule has 0 amide bonds. The first kappa shape index (κ1) is 13.3. The van der Waals surface area contributed by atoms with Crippen LogP contribution in [0.4, 0.5) is 0 Å². The van der Waals surface area contributed by atoms with Gasteiger partial charge in [0.15, 0.2) is 0 Å². The molecule has 19 heavy (non-hydrogen) atoms. The first-order valence-electron chi connectivity index (χ1n) is 6.71. The topological polar surface area (TPSA) is 24.9 Å². The predicted octanol–water partition coefficient (Wildman–Crippen LogP) is 4.70. The highest BCUT2D eigenvalue weighted by Crippen LogP contribution is 2.37. The summed E-state index contributed by atoms with van der Waals surface area (Å²) in [4.78, 5) is 6.17. The number of hydrogen-bond acceptors (Lipinski definition) is 3. The van der Waals surface area contributed by atoms with Crippen LogP contribution >= 0.6 is 27.3 Å². The van der Waals surface area contributed by atoms with Crippen molar-refractivity contribution in [3.63, 3.8) is 0 Å². The monoisotopic (exact) mass is 336 g/mol. The molecule has 1 unspecified atom stereocenters. The van der Waals surface area contributed by atoms with E-state index < -0.39 is 0 Å². The van der Waals surface area contributed by atoms with E-state index in [1.807, 2.05) is 17.4 Å². The van der Waals surface area contributed by atoms with Gasteiger partial charge in [0.2, 0.25) is 0 Å². The van der Waals surface area contributed by atoms with Crippen LogP contribution in [0.2, 0.25) is 0 Å². The second kappa shape index (κ2) is 5.73. The molecule has 1 atom stereocenters. The lowest BCUT2D eigenvalue weighted by molar-refractivity contribution is 0.415. The number of thiazole rings is 1. The standard InChI is InChI=1S/C15H17BrN2S/c1-10-14(13-8-4-5-9-17-13)19-15(18-10)11-6-2-3-7-12(11)16/h2-3,6-7,13,17H,4-5,8-9H2,1H3. The third kappa shape index (κ3) is 2.76. The number of aromatic nitrogens is 1. The Bertz CT molecular complexity index is 573. The van der Waals surface area contributed by atoms with Crippen molar-refractivity contribution in [1.82, 2.24) is 10.3 Å². The smallest absolute Gasteiger partial charge is 0.125 e. The van der Waals surface area contributed by atoms with Gasteiger partial charge >= 0.3 is 0 Å². The van der Waals surface area contributed by atoms with E-state index in [-0.39, 0.29) is 0 Å². The van der Waals surface area contributed by atoms with Crippen LogP contribution in [0.25, 0.3) is 10.6 Å². The normalized spacial score (nSPS) is 19.6. The van der Waals surface area contributed by atoms with Gasteiger partial charge in [-0.25, -0.2) is 4.98 Å². The molecule has 0 spiro atoms. The largest absolute Gasteiger partial charge is 0.309 e. The van der Waals surface area contributed by atoms with E-state index in [0.29, 0.717) is 6.04 Å². The minimum absolute atomic E-state index is 0.502. The molecule has 4 heteroatoms. The van der Waals surface area contributed by atoms with Crippen LogP contribution in [0.1, 0.15) is 35.9 Å². The lowest BCUT2D eigenvalue weighted by Gasteiger charge is -2.22. The van der Waals surface area contributed by atoms with Gasteiger partial charge in [-0.1, -0.05) is 40.5 Å². The molecule has 1 fully saturated rings. The van der Waals surface area contributed by atoms with Gasteiger partial charge < -0.3 is 5.32 Å². The second-order valence-corrected chi connectivity index (χ2v) is 6.84. The van der Waals surface area contributed by atoms with Gasteiger partial charge in [0.05, 0.1) is 5.69 Å². The molecule has 0 aliphatic carbocycles. The Hall–Kier alpha value is -0.710. The van der Waals surface area contributed by atoms with E-state index in [2.05, 4.69) is 46.4 Å². The lowest BCUT2D eigenvalue weighted by atomic mass is 10.0. The molecule has 3 rings (SSSR count). The van der Waals surface area contributed by atoms with Crippen LogP contribution in [0.3, 0.4) is 0 Å². The first-order chi connectivity index (χ1) is 9.25. The molecule has 2 heterocycles. The number of piperidine rings is 1. The van der Waals surface area contributed by atoms with Crippen molar-refractivity contribution in [2.24, 2.45) is 0 Å². The van der Waals surface area contributed by atoms with Crippen molar-refractivity contribution in [3.05, 3.63) is 39.3 Å². The Kier molecular flexibility index (Phi) is 4.01. The van der Waals surface area contributed by atoms with Crippen molar-refractivity contribution in [3.8, 4) is 10.6 Å². The third-order valence-electron chi connectivity index (χ3n) is 3.56. The van der Waals surface area contributed by atoms with E-state index in [1.165, 1.54) is 35.4 Å². The molecular weight excluding hydrogens is 320 g/mol. The van der Waals surface area contributed by atoms with E-state index in [1.54, 1.807) is 0 Å². The van der Waals surface area contributed by atoms with Gasteiger partial charge in [-0.3, -0.25) is 0 Å². The zero-order valence-electron chi connectivity index (χ0n) is 10.9. The van der Waals surface area contributed by atoms with Crippen LogP contribution in [0.15, 0.2) is 28.7 Å². The van der Waals surface area contributed by atoms with Crippen LogP contribution in [0, 0.1) is 6.92 Å². The first-order valence-corrected chi connectivity index (χ1v) is 8.32. The van der Waals surface area contributed by atoms with E-state index in [9.17, 15) is 0 Å². The van der Waals surface area contributed by atoms with Crippen molar-refractivity contribution in [2.75, 3.05) is 6.54 Å². The number of halogens is 1. The molecule has 0 bridgehead atoms. The molecule has 1 aromatic heterocycles. The zero-order chi connectivity index (χ0) is 13.2. The predicted molar refractivity (Wildman–Crippen MR) is 84.6 cm³/mol. The van der Waals surface area contributed by atoms with Crippen molar-refractivity contribution in [1.29, 1.82) is 0 Å². The molecule has 1 aliphatic rings. The number of benzene rings is 1. The van der Waals surface area contributed by atoms with Crippen LogP contribution in [0.5, 0.6) is 0 Å². The van der Waals surface area contributed by atoms with E-state index >= 15 is 0 Å². The Morgan fingerprint density at radius 2 is 2.16 bits per heavy atom. The molecule has 1 aromatic carbocycles. The lowest BCUT2D eigenvalue weighted by Crippen LogP contribution is -2.26. The fraction of sp³-hybridized carbons (Fsp3) is 0.400. The molecule has 0 saturated carbocycles. The Labute approximate surface area is 126 Å². The maximum atomic E-state index is 4.77. The summed E-state index contributed by atoms with van der Waals surface area (Å²) in [6.07, 6.45) is 3.85. The summed E-state index contributed by atoms with van der Waals surface area (Å²) >= 11 is 5.44. The van der Waals surface area contributed by atoms with Gasteiger partial charge in [-0.15, -0.1) is 11.3 Å². The van der Waals surface area contributed by atoms with Crippen LogP contribution in [-0.4, -0.2) is 11.5 Å². The second-order valence-electron chi connectivity index (χ2n) is 4.95. The SMILES string of the molecule is Cc1nc(-c2ccccc2Br)sc1C1CCCCN1. The highest BCUT2D eigenvalue weighted by molar-refractivity contribution is 9.10.